The molecule has 0 aromatic heterocycles. The molecule has 0 spiro atoms. The van der Waals surface area contributed by atoms with E-state index in [1.54, 1.807) is 0 Å². The van der Waals surface area contributed by atoms with E-state index in [-0.39, 0.29) is 11.4 Å². The lowest BCUT2D eigenvalue weighted by molar-refractivity contribution is -0.153. The van der Waals surface area contributed by atoms with Gasteiger partial charge in [-0.1, -0.05) is 27.7 Å². The summed E-state index contributed by atoms with van der Waals surface area (Å²) in [5, 5.41) is 0. The van der Waals surface area contributed by atoms with E-state index in [1.807, 2.05) is 0 Å². The van der Waals surface area contributed by atoms with Crippen molar-refractivity contribution in [2.75, 3.05) is 7.11 Å². The summed E-state index contributed by atoms with van der Waals surface area (Å²) >= 11 is 0. The van der Waals surface area contributed by atoms with Crippen molar-refractivity contribution in [2.24, 2.45) is 22.7 Å². The van der Waals surface area contributed by atoms with Crippen LogP contribution in [0.25, 0.3) is 0 Å². The predicted molar refractivity (Wildman–Crippen MR) is 61.5 cm³/mol. The molecule has 0 amide bonds. The standard InChI is InChI=1S/C13H24O2/c1-9-7-10(12(2,3)4)8-13(9,5)11(14)15-6/h9-10H,7-8H2,1-6H3/t9?,10-,13?/m1/s1. The quantitative estimate of drug-likeness (QED) is 0.624. The lowest BCUT2D eigenvalue weighted by Crippen LogP contribution is -2.32. The van der Waals surface area contributed by atoms with Crippen molar-refractivity contribution in [3.8, 4) is 0 Å². The highest BCUT2D eigenvalue weighted by Crippen LogP contribution is 2.52. The number of methoxy groups -OCH3 is 1. The number of carbonyl (C=O) groups is 1. The number of hydrogen-bond donors (Lipinski definition) is 0. The summed E-state index contributed by atoms with van der Waals surface area (Å²) in [6.07, 6.45) is 2.10. The van der Waals surface area contributed by atoms with E-state index in [2.05, 4.69) is 34.6 Å². The molecule has 0 aromatic carbocycles. The average molecular weight is 212 g/mol. The van der Waals surface area contributed by atoms with Crippen LogP contribution in [0.3, 0.4) is 0 Å². The van der Waals surface area contributed by atoms with Gasteiger partial charge in [0.05, 0.1) is 12.5 Å². The second kappa shape index (κ2) is 3.80. The van der Waals surface area contributed by atoms with Crippen molar-refractivity contribution in [1.29, 1.82) is 0 Å². The van der Waals surface area contributed by atoms with Gasteiger partial charge >= 0.3 is 5.97 Å². The fraction of sp³-hybridized carbons (Fsp3) is 0.923. The summed E-state index contributed by atoms with van der Waals surface area (Å²) in [6.45, 7) is 11.0. The molecular formula is C13H24O2. The molecule has 0 N–H and O–H groups in total. The van der Waals surface area contributed by atoms with E-state index < -0.39 is 0 Å². The summed E-state index contributed by atoms with van der Waals surface area (Å²) in [6, 6.07) is 0. The Morgan fingerprint density at radius 1 is 1.40 bits per heavy atom. The molecule has 88 valence electrons. The van der Waals surface area contributed by atoms with Crippen LogP contribution in [0.15, 0.2) is 0 Å². The molecule has 1 saturated carbocycles. The first-order valence-corrected chi connectivity index (χ1v) is 5.80. The zero-order valence-electron chi connectivity index (χ0n) is 10.9. The van der Waals surface area contributed by atoms with E-state index >= 15 is 0 Å². The van der Waals surface area contributed by atoms with Crippen LogP contribution in [0.2, 0.25) is 0 Å². The maximum Gasteiger partial charge on any atom is 0.311 e. The van der Waals surface area contributed by atoms with Gasteiger partial charge in [-0.3, -0.25) is 4.79 Å². The Morgan fingerprint density at radius 2 is 1.93 bits per heavy atom. The summed E-state index contributed by atoms with van der Waals surface area (Å²) in [7, 11) is 1.49. The highest BCUT2D eigenvalue weighted by atomic mass is 16.5. The zero-order valence-corrected chi connectivity index (χ0v) is 10.9. The van der Waals surface area contributed by atoms with Crippen molar-refractivity contribution in [3.05, 3.63) is 0 Å². The molecule has 0 bridgehead atoms. The topological polar surface area (TPSA) is 26.3 Å². The third kappa shape index (κ3) is 2.19. The SMILES string of the molecule is COC(=O)C1(C)C[C@H](C(C)(C)C)CC1C. The molecule has 0 heterocycles. The number of ether oxygens (including phenoxy) is 1. The Morgan fingerprint density at radius 3 is 2.27 bits per heavy atom. The fourth-order valence-corrected chi connectivity index (χ4v) is 2.66. The Balaban J connectivity index is 2.84. The van der Waals surface area contributed by atoms with Crippen molar-refractivity contribution >= 4 is 5.97 Å². The van der Waals surface area contributed by atoms with Gasteiger partial charge < -0.3 is 4.74 Å². The fourth-order valence-electron chi connectivity index (χ4n) is 2.66. The lowest BCUT2D eigenvalue weighted by Gasteiger charge is -2.29. The highest BCUT2D eigenvalue weighted by Gasteiger charge is 2.50. The van der Waals surface area contributed by atoms with E-state index in [0.29, 0.717) is 17.3 Å². The molecule has 1 aliphatic carbocycles. The maximum absolute atomic E-state index is 11.8. The molecule has 0 aromatic rings. The van der Waals surface area contributed by atoms with Gasteiger partial charge in [0, 0.05) is 0 Å². The summed E-state index contributed by atoms with van der Waals surface area (Å²) in [5.41, 5.74) is 0.0206. The monoisotopic (exact) mass is 212 g/mol. The average Bonchev–Trinajstić information content (AvgIpc) is 2.42. The second-order valence-electron chi connectivity index (χ2n) is 6.31. The maximum atomic E-state index is 11.8. The van der Waals surface area contributed by atoms with Crippen LogP contribution in [-0.4, -0.2) is 13.1 Å². The van der Waals surface area contributed by atoms with E-state index in [1.165, 1.54) is 7.11 Å². The van der Waals surface area contributed by atoms with Crippen LogP contribution in [-0.2, 0) is 9.53 Å². The van der Waals surface area contributed by atoms with Gasteiger partial charge in [0.2, 0.25) is 0 Å². The first-order valence-electron chi connectivity index (χ1n) is 5.80. The van der Waals surface area contributed by atoms with Crippen molar-refractivity contribution < 1.29 is 9.53 Å². The van der Waals surface area contributed by atoms with E-state index in [4.69, 9.17) is 4.74 Å². The number of esters is 1. The molecule has 15 heavy (non-hydrogen) atoms. The Kier molecular flexibility index (Phi) is 3.18. The summed E-state index contributed by atoms with van der Waals surface area (Å²) < 4.78 is 4.93. The molecule has 2 unspecified atom stereocenters. The number of hydrogen-bond acceptors (Lipinski definition) is 2. The van der Waals surface area contributed by atoms with Crippen LogP contribution in [0.4, 0.5) is 0 Å². The first kappa shape index (κ1) is 12.5. The molecule has 1 aliphatic rings. The molecule has 2 heteroatoms. The van der Waals surface area contributed by atoms with E-state index in [9.17, 15) is 4.79 Å². The van der Waals surface area contributed by atoms with Crippen LogP contribution in [0.1, 0.15) is 47.5 Å². The molecular weight excluding hydrogens is 188 g/mol. The van der Waals surface area contributed by atoms with Crippen LogP contribution < -0.4 is 0 Å². The Labute approximate surface area is 93.4 Å². The zero-order chi connectivity index (χ0) is 11.9. The minimum absolute atomic E-state index is 0.0400. The number of carbonyl (C=O) groups excluding carboxylic acids is 1. The Hall–Kier alpha value is -0.530. The minimum Gasteiger partial charge on any atom is -0.469 e. The molecule has 0 aliphatic heterocycles. The van der Waals surface area contributed by atoms with Gasteiger partial charge in [0.25, 0.3) is 0 Å². The Bertz CT molecular complexity index is 252. The minimum atomic E-state index is -0.271. The third-order valence-electron chi connectivity index (χ3n) is 4.27. The largest absolute Gasteiger partial charge is 0.469 e. The third-order valence-corrected chi connectivity index (χ3v) is 4.27. The summed E-state index contributed by atoms with van der Waals surface area (Å²) in [4.78, 5) is 11.8. The van der Waals surface area contributed by atoms with Gasteiger partial charge in [-0.15, -0.1) is 0 Å². The van der Waals surface area contributed by atoms with Crippen molar-refractivity contribution in [2.45, 2.75) is 47.5 Å². The van der Waals surface area contributed by atoms with Crippen LogP contribution in [0, 0.1) is 22.7 Å². The molecule has 2 nitrogen and oxygen atoms in total. The lowest BCUT2D eigenvalue weighted by atomic mass is 9.77. The van der Waals surface area contributed by atoms with Gasteiger partial charge in [-0.2, -0.15) is 0 Å². The van der Waals surface area contributed by atoms with Crippen molar-refractivity contribution in [3.63, 3.8) is 0 Å². The van der Waals surface area contributed by atoms with Crippen LogP contribution in [0.5, 0.6) is 0 Å². The van der Waals surface area contributed by atoms with Gasteiger partial charge in [0.15, 0.2) is 0 Å². The molecule has 1 fully saturated rings. The van der Waals surface area contributed by atoms with Crippen LogP contribution >= 0.6 is 0 Å². The number of rotatable bonds is 1. The molecule has 0 saturated heterocycles. The summed E-state index contributed by atoms with van der Waals surface area (Å²) in [5.74, 6) is 1.01. The predicted octanol–water partition coefficient (Wildman–Crippen LogP) is 3.26. The van der Waals surface area contributed by atoms with Gasteiger partial charge in [-0.25, -0.2) is 0 Å². The van der Waals surface area contributed by atoms with E-state index in [0.717, 1.165) is 12.8 Å². The van der Waals surface area contributed by atoms with Crippen molar-refractivity contribution in [1.82, 2.24) is 0 Å². The normalized spacial score (nSPS) is 36.7. The second-order valence-corrected chi connectivity index (χ2v) is 6.31. The molecule has 0 radical (unpaired) electrons. The van der Waals surface area contributed by atoms with Gasteiger partial charge in [0.1, 0.15) is 0 Å². The van der Waals surface area contributed by atoms with Gasteiger partial charge in [-0.05, 0) is 37.0 Å². The highest BCUT2D eigenvalue weighted by molar-refractivity contribution is 5.77. The molecule has 1 rings (SSSR count). The first-order chi connectivity index (χ1) is 6.71. The smallest absolute Gasteiger partial charge is 0.311 e. The molecule has 3 atom stereocenters.